The maximum absolute atomic E-state index is 11.5. The lowest BCUT2D eigenvalue weighted by Crippen LogP contribution is -2.06. The summed E-state index contributed by atoms with van der Waals surface area (Å²) in [5.74, 6) is 0.113. The molecule has 0 spiro atoms. The molecule has 0 atom stereocenters. The lowest BCUT2D eigenvalue weighted by atomic mass is 9.94. The van der Waals surface area contributed by atoms with Crippen LogP contribution >= 0.6 is 0 Å². The van der Waals surface area contributed by atoms with Crippen molar-refractivity contribution in [3.8, 4) is 16.9 Å². The summed E-state index contributed by atoms with van der Waals surface area (Å²) in [6.07, 6.45) is 0. The number of hydrogen-bond donors (Lipinski definition) is 2. The monoisotopic (exact) mass is 291 g/mol. The van der Waals surface area contributed by atoms with Crippen LogP contribution in [0.4, 0.5) is 5.69 Å². The Labute approximate surface area is 129 Å². The van der Waals surface area contributed by atoms with E-state index in [0.717, 1.165) is 33.2 Å². The molecule has 0 heterocycles. The van der Waals surface area contributed by atoms with Gasteiger partial charge in [-0.3, -0.25) is 4.79 Å². The molecule has 3 aromatic carbocycles. The van der Waals surface area contributed by atoms with E-state index in [1.807, 2.05) is 49.4 Å². The summed E-state index contributed by atoms with van der Waals surface area (Å²) in [5.41, 5.74) is 3.54. The van der Waals surface area contributed by atoms with Gasteiger partial charge in [-0.05, 0) is 35.6 Å². The van der Waals surface area contributed by atoms with Gasteiger partial charge in [0.15, 0.2) is 0 Å². The van der Waals surface area contributed by atoms with Crippen LogP contribution in [0, 0.1) is 6.92 Å². The first-order valence-corrected chi connectivity index (χ1v) is 7.16. The van der Waals surface area contributed by atoms with Gasteiger partial charge in [-0.15, -0.1) is 0 Å². The number of rotatable bonds is 2. The molecule has 110 valence electrons. The predicted octanol–water partition coefficient (Wildman–Crippen LogP) is 4.48. The smallest absolute Gasteiger partial charge is 0.221 e. The van der Waals surface area contributed by atoms with E-state index in [9.17, 15) is 9.90 Å². The maximum Gasteiger partial charge on any atom is 0.221 e. The van der Waals surface area contributed by atoms with Crippen molar-refractivity contribution in [1.82, 2.24) is 0 Å². The number of anilines is 1. The summed E-state index contributed by atoms with van der Waals surface area (Å²) in [5, 5.41) is 15.1. The zero-order valence-corrected chi connectivity index (χ0v) is 12.6. The van der Waals surface area contributed by atoms with Gasteiger partial charge < -0.3 is 10.4 Å². The van der Waals surface area contributed by atoms with E-state index in [4.69, 9.17) is 0 Å². The number of hydrogen-bond acceptors (Lipinski definition) is 2. The third-order valence-corrected chi connectivity index (χ3v) is 3.76. The average molecular weight is 291 g/mol. The minimum Gasteiger partial charge on any atom is -0.507 e. The molecule has 0 bridgehead atoms. The van der Waals surface area contributed by atoms with Crippen LogP contribution in [0.5, 0.6) is 5.75 Å². The van der Waals surface area contributed by atoms with E-state index >= 15 is 0 Å². The number of phenolic OH excluding ortho intramolecular Hbond substituents is 1. The van der Waals surface area contributed by atoms with Crippen molar-refractivity contribution in [2.24, 2.45) is 0 Å². The van der Waals surface area contributed by atoms with Crippen LogP contribution < -0.4 is 5.32 Å². The fourth-order valence-corrected chi connectivity index (χ4v) is 2.77. The molecule has 0 aliphatic carbocycles. The molecule has 3 rings (SSSR count). The van der Waals surface area contributed by atoms with Crippen LogP contribution in [-0.2, 0) is 4.79 Å². The van der Waals surface area contributed by atoms with Crippen LogP contribution in [0.1, 0.15) is 12.5 Å². The van der Waals surface area contributed by atoms with Gasteiger partial charge in [-0.25, -0.2) is 0 Å². The summed E-state index contributed by atoms with van der Waals surface area (Å²) >= 11 is 0. The minimum absolute atomic E-state index is 0.114. The molecule has 3 aromatic rings. The largest absolute Gasteiger partial charge is 0.507 e. The molecular weight excluding hydrogens is 274 g/mol. The summed E-state index contributed by atoms with van der Waals surface area (Å²) in [6.45, 7) is 3.53. The number of fused-ring (bicyclic) bond motifs is 1. The Kier molecular flexibility index (Phi) is 3.55. The molecule has 0 aliphatic heterocycles. The molecule has 0 fully saturated rings. The van der Waals surface area contributed by atoms with Gasteiger partial charge in [-0.1, -0.05) is 42.5 Å². The number of benzene rings is 3. The van der Waals surface area contributed by atoms with E-state index in [-0.39, 0.29) is 11.7 Å². The van der Waals surface area contributed by atoms with Crippen molar-refractivity contribution in [2.75, 3.05) is 5.32 Å². The summed E-state index contributed by atoms with van der Waals surface area (Å²) in [4.78, 5) is 11.5. The average Bonchev–Trinajstić information content (AvgIpc) is 2.49. The minimum atomic E-state index is -0.114. The van der Waals surface area contributed by atoms with Crippen LogP contribution in [-0.4, -0.2) is 11.0 Å². The second-order valence-electron chi connectivity index (χ2n) is 5.36. The van der Waals surface area contributed by atoms with Gasteiger partial charge in [0.25, 0.3) is 0 Å². The molecule has 0 radical (unpaired) electrons. The third-order valence-electron chi connectivity index (χ3n) is 3.76. The first kappa shape index (κ1) is 14.1. The summed E-state index contributed by atoms with van der Waals surface area (Å²) < 4.78 is 0. The number of aryl methyl sites for hydroxylation is 1. The van der Waals surface area contributed by atoms with Crippen molar-refractivity contribution in [3.05, 3.63) is 60.2 Å². The molecule has 0 aliphatic rings. The quantitative estimate of drug-likeness (QED) is 0.731. The first-order chi connectivity index (χ1) is 10.6. The number of amides is 1. The molecule has 3 heteroatoms. The highest BCUT2D eigenvalue weighted by Gasteiger charge is 2.13. The molecule has 22 heavy (non-hydrogen) atoms. The maximum atomic E-state index is 11.5. The first-order valence-electron chi connectivity index (χ1n) is 7.16. The van der Waals surface area contributed by atoms with E-state index in [1.54, 1.807) is 12.1 Å². The summed E-state index contributed by atoms with van der Waals surface area (Å²) in [6, 6.07) is 17.1. The second kappa shape index (κ2) is 5.53. The van der Waals surface area contributed by atoms with Crippen molar-refractivity contribution in [2.45, 2.75) is 13.8 Å². The topological polar surface area (TPSA) is 49.3 Å². The van der Waals surface area contributed by atoms with E-state index in [1.165, 1.54) is 6.92 Å². The van der Waals surface area contributed by atoms with E-state index in [0.29, 0.717) is 0 Å². The SMILES string of the molecule is CC(=O)Nc1cccc2c(C)ccc(-c3ccccc3O)c12. The van der Waals surface area contributed by atoms with Crippen molar-refractivity contribution in [1.29, 1.82) is 0 Å². The number of aromatic hydroxyl groups is 1. The van der Waals surface area contributed by atoms with Crippen LogP contribution in [0.2, 0.25) is 0 Å². The highest BCUT2D eigenvalue weighted by atomic mass is 16.3. The Morgan fingerprint density at radius 3 is 2.45 bits per heavy atom. The Bertz CT molecular complexity index is 868. The molecule has 2 N–H and O–H groups in total. The molecule has 0 saturated heterocycles. The molecule has 0 unspecified atom stereocenters. The predicted molar refractivity (Wildman–Crippen MR) is 90.1 cm³/mol. The Morgan fingerprint density at radius 2 is 1.73 bits per heavy atom. The fraction of sp³-hybridized carbons (Fsp3) is 0.105. The van der Waals surface area contributed by atoms with Crippen molar-refractivity contribution >= 4 is 22.4 Å². The van der Waals surface area contributed by atoms with E-state index < -0.39 is 0 Å². The zero-order valence-electron chi connectivity index (χ0n) is 12.6. The lowest BCUT2D eigenvalue weighted by Gasteiger charge is -2.15. The number of carbonyl (C=O) groups is 1. The Hall–Kier alpha value is -2.81. The van der Waals surface area contributed by atoms with Gasteiger partial charge in [0.05, 0.1) is 0 Å². The van der Waals surface area contributed by atoms with Gasteiger partial charge in [0.1, 0.15) is 5.75 Å². The zero-order chi connectivity index (χ0) is 15.7. The summed E-state index contributed by atoms with van der Waals surface area (Å²) in [7, 11) is 0. The normalized spacial score (nSPS) is 10.6. The number of carbonyl (C=O) groups excluding carboxylic acids is 1. The van der Waals surface area contributed by atoms with Gasteiger partial charge in [0.2, 0.25) is 5.91 Å². The lowest BCUT2D eigenvalue weighted by molar-refractivity contribution is -0.114. The number of nitrogens with one attached hydrogen (secondary N) is 1. The van der Waals surface area contributed by atoms with Crippen LogP contribution in [0.3, 0.4) is 0 Å². The molecular formula is C19H17NO2. The highest BCUT2D eigenvalue weighted by Crippen LogP contribution is 2.39. The number of para-hydroxylation sites is 1. The molecule has 1 amide bonds. The highest BCUT2D eigenvalue weighted by molar-refractivity contribution is 6.10. The van der Waals surface area contributed by atoms with Gasteiger partial charge in [-0.2, -0.15) is 0 Å². The van der Waals surface area contributed by atoms with Crippen molar-refractivity contribution < 1.29 is 9.90 Å². The molecule has 0 saturated carbocycles. The Balaban J connectivity index is 2.38. The third kappa shape index (κ3) is 2.42. The van der Waals surface area contributed by atoms with Gasteiger partial charge >= 0.3 is 0 Å². The standard InChI is InChI=1S/C19H17NO2/c1-12-10-11-16(15-6-3-4-9-18(15)22)19-14(12)7-5-8-17(19)20-13(2)21/h3-11,22H,1-2H3,(H,20,21). The fourth-order valence-electron chi connectivity index (χ4n) is 2.77. The van der Waals surface area contributed by atoms with Crippen LogP contribution in [0.15, 0.2) is 54.6 Å². The van der Waals surface area contributed by atoms with Crippen LogP contribution in [0.25, 0.3) is 21.9 Å². The molecule has 3 nitrogen and oxygen atoms in total. The van der Waals surface area contributed by atoms with Gasteiger partial charge in [0, 0.05) is 23.6 Å². The molecule has 0 aromatic heterocycles. The van der Waals surface area contributed by atoms with E-state index in [2.05, 4.69) is 5.32 Å². The number of phenols is 1. The second-order valence-corrected chi connectivity index (χ2v) is 5.36. The Morgan fingerprint density at radius 1 is 0.955 bits per heavy atom. The van der Waals surface area contributed by atoms with Crippen molar-refractivity contribution in [3.63, 3.8) is 0 Å².